The Bertz CT molecular complexity index is 1390. The highest BCUT2D eigenvalue weighted by molar-refractivity contribution is 7.99. The Kier molecular flexibility index (Phi) is 16.0. The molecular formula is C40H60N2O3S. The molecule has 3 N–H and O–H groups in total. The van der Waals surface area contributed by atoms with Crippen molar-refractivity contribution in [3.8, 4) is 11.8 Å². The van der Waals surface area contributed by atoms with Crippen molar-refractivity contribution in [2.24, 2.45) is 11.3 Å². The summed E-state index contributed by atoms with van der Waals surface area (Å²) in [4.78, 5) is 14.5. The van der Waals surface area contributed by atoms with Gasteiger partial charge in [0.25, 0.3) is 0 Å². The van der Waals surface area contributed by atoms with E-state index in [-0.39, 0.29) is 23.1 Å². The first-order valence-corrected chi connectivity index (χ1v) is 18.0. The van der Waals surface area contributed by atoms with Crippen LogP contribution in [0.15, 0.2) is 76.5 Å². The maximum Gasteiger partial charge on any atom is 0.220 e. The average molecular weight is 649 g/mol. The number of carbonyl (C=O) groups excluding carboxylic acids is 1. The largest absolute Gasteiger partial charge is 0.494 e. The number of aromatic hydroxyl groups is 2. The molecule has 6 heteroatoms. The summed E-state index contributed by atoms with van der Waals surface area (Å²) in [6, 6.07) is 22.7. The number of hydrogen-bond donors (Lipinski definition) is 3. The minimum absolute atomic E-state index is 0.0103. The lowest BCUT2D eigenvalue weighted by atomic mass is 9.77. The number of amides is 1. The van der Waals surface area contributed by atoms with Crippen molar-refractivity contribution >= 4 is 17.7 Å². The molecule has 2 aromatic rings. The predicted octanol–water partition coefficient (Wildman–Crippen LogP) is 10.6. The zero-order valence-corrected chi connectivity index (χ0v) is 30.8. The van der Waals surface area contributed by atoms with Gasteiger partial charge in [0.05, 0.1) is 4.90 Å². The fraction of sp³-hybridized carbons (Fsp3) is 0.525. The zero-order valence-electron chi connectivity index (χ0n) is 30.0. The SMILES string of the molecule is CCCc1ccccc(CC)cccc(C)cccc1Sc1cc(O)n(C(C)(C)CC(C)(C)CC(=O)NCCC(CC)CC)c1O. The van der Waals surface area contributed by atoms with Gasteiger partial charge in [0.1, 0.15) is 0 Å². The van der Waals surface area contributed by atoms with Crippen LogP contribution in [0.2, 0.25) is 0 Å². The molecule has 0 atom stereocenters. The summed E-state index contributed by atoms with van der Waals surface area (Å²) < 4.78 is 1.61. The smallest absolute Gasteiger partial charge is 0.220 e. The number of aryl methyl sites for hydroxylation is 3. The van der Waals surface area contributed by atoms with Gasteiger partial charge in [0.2, 0.25) is 11.8 Å². The molecule has 0 unspecified atom stereocenters. The van der Waals surface area contributed by atoms with Crippen LogP contribution in [0.25, 0.3) is 0 Å². The first-order valence-electron chi connectivity index (χ1n) is 17.2. The third-order valence-corrected chi connectivity index (χ3v) is 9.70. The first kappa shape index (κ1) is 39.1. The monoisotopic (exact) mass is 648 g/mol. The van der Waals surface area contributed by atoms with Crippen molar-refractivity contribution in [2.45, 2.75) is 129 Å². The number of aromatic nitrogens is 1. The molecule has 46 heavy (non-hydrogen) atoms. The minimum Gasteiger partial charge on any atom is -0.494 e. The topological polar surface area (TPSA) is 74.5 Å². The normalized spacial score (nSPS) is 11.6. The summed E-state index contributed by atoms with van der Waals surface area (Å²) >= 11 is 1.46. The van der Waals surface area contributed by atoms with Crippen LogP contribution >= 0.6 is 11.8 Å². The maximum absolute atomic E-state index is 12.9. The van der Waals surface area contributed by atoms with E-state index in [9.17, 15) is 15.0 Å². The molecule has 1 heterocycles. The van der Waals surface area contributed by atoms with Gasteiger partial charge in [-0.1, -0.05) is 133 Å². The van der Waals surface area contributed by atoms with Crippen LogP contribution in [0.3, 0.4) is 0 Å². The van der Waals surface area contributed by atoms with E-state index in [0.29, 0.717) is 30.2 Å². The van der Waals surface area contributed by atoms with Gasteiger partial charge in [-0.2, -0.15) is 0 Å². The van der Waals surface area contributed by atoms with Gasteiger partial charge in [0.15, 0.2) is 5.88 Å². The van der Waals surface area contributed by atoms with E-state index >= 15 is 0 Å². The highest BCUT2D eigenvalue weighted by Crippen LogP contribution is 2.46. The molecule has 254 valence electrons. The van der Waals surface area contributed by atoms with E-state index in [2.05, 4.69) is 108 Å². The minimum atomic E-state index is -0.645. The van der Waals surface area contributed by atoms with Crippen molar-refractivity contribution in [3.05, 3.63) is 83.4 Å². The molecule has 0 aliphatic rings. The molecular weight excluding hydrogens is 589 g/mol. The molecule has 1 amide bonds. The molecule has 0 aliphatic heterocycles. The molecule has 0 spiro atoms. The summed E-state index contributed by atoms with van der Waals surface area (Å²) in [6.45, 7) is 19.7. The molecule has 0 radical (unpaired) electrons. The highest BCUT2D eigenvalue weighted by atomic mass is 32.2. The Balaban J connectivity index is 2.43. The second kappa shape index (κ2) is 18.9. The number of nitrogens with zero attached hydrogens (tertiary/aromatic N) is 1. The third-order valence-electron chi connectivity index (χ3n) is 8.57. The second-order valence-corrected chi connectivity index (χ2v) is 14.9. The molecule has 1 aromatic heterocycles. The first-order chi connectivity index (χ1) is 21.8. The van der Waals surface area contributed by atoms with Crippen LogP contribution < -0.4 is 5.32 Å². The van der Waals surface area contributed by atoms with Crippen LogP contribution in [-0.2, 0) is 23.2 Å². The summed E-state index contributed by atoms with van der Waals surface area (Å²) in [5.74, 6) is 0.728. The number of nitrogens with one attached hydrogen (secondary N) is 1. The summed E-state index contributed by atoms with van der Waals surface area (Å²) in [7, 11) is 0. The number of hydrogen-bond acceptors (Lipinski definition) is 4. The fourth-order valence-corrected chi connectivity index (χ4v) is 7.28. The Morgan fingerprint density at radius 1 is 0.891 bits per heavy atom. The van der Waals surface area contributed by atoms with Crippen LogP contribution in [0.5, 0.6) is 11.8 Å². The number of carbonyl (C=O) groups is 1. The van der Waals surface area contributed by atoms with E-state index in [4.69, 9.17) is 0 Å². The lowest BCUT2D eigenvalue weighted by Crippen LogP contribution is -2.36. The van der Waals surface area contributed by atoms with Crippen molar-refractivity contribution in [3.63, 3.8) is 0 Å². The molecule has 0 aliphatic carbocycles. The molecule has 5 nitrogen and oxygen atoms in total. The number of rotatable bonds is 15. The fourth-order valence-electron chi connectivity index (χ4n) is 6.25. The zero-order chi connectivity index (χ0) is 34.3. The highest BCUT2D eigenvalue weighted by Gasteiger charge is 2.35. The Hall–Kier alpha value is -3.12. The van der Waals surface area contributed by atoms with Gasteiger partial charge >= 0.3 is 0 Å². The van der Waals surface area contributed by atoms with Crippen molar-refractivity contribution in [1.82, 2.24) is 9.88 Å². The van der Waals surface area contributed by atoms with Crippen LogP contribution in [0.4, 0.5) is 0 Å². The molecule has 0 saturated heterocycles. The Morgan fingerprint density at radius 2 is 1.52 bits per heavy atom. The van der Waals surface area contributed by atoms with Gasteiger partial charge in [0, 0.05) is 29.5 Å². The van der Waals surface area contributed by atoms with E-state index in [1.54, 1.807) is 10.6 Å². The van der Waals surface area contributed by atoms with Crippen molar-refractivity contribution in [1.29, 1.82) is 0 Å². The van der Waals surface area contributed by atoms with Gasteiger partial charge < -0.3 is 15.5 Å². The molecule has 2 rings (SSSR count). The Morgan fingerprint density at radius 3 is 2.15 bits per heavy atom. The predicted molar refractivity (Wildman–Crippen MR) is 196 cm³/mol. The van der Waals surface area contributed by atoms with Crippen LogP contribution in [0.1, 0.15) is 111 Å². The van der Waals surface area contributed by atoms with Gasteiger partial charge in [-0.25, -0.2) is 0 Å². The van der Waals surface area contributed by atoms with E-state index < -0.39 is 5.54 Å². The molecule has 0 bridgehead atoms. The van der Waals surface area contributed by atoms with Gasteiger partial charge in [-0.05, 0) is 75.0 Å². The van der Waals surface area contributed by atoms with Gasteiger partial charge in [-0.3, -0.25) is 9.36 Å². The van der Waals surface area contributed by atoms with Crippen LogP contribution in [-0.4, -0.2) is 27.2 Å². The second-order valence-electron chi connectivity index (χ2n) is 13.9. The summed E-state index contributed by atoms with van der Waals surface area (Å²) in [5, 5.41) is 25.8. The third kappa shape index (κ3) is 12.6. The van der Waals surface area contributed by atoms with Gasteiger partial charge in [-0.15, -0.1) is 0 Å². The average Bonchev–Trinajstić information content (AvgIpc) is 3.26. The lowest BCUT2D eigenvalue weighted by Gasteiger charge is -2.36. The molecule has 0 saturated carbocycles. The van der Waals surface area contributed by atoms with E-state index in [0.717, 1.165) is 54.5 Å². The maximum atomic E-state index is 12.9. The summed E-state index contributed by atoms with van der Waals surface area (Å²) in [5.41, 5.74) is 2.55. The van der Waals surface area contributed by atoms with Crippen molar-refractivity contribution in [2.75, 3.05) is 6.54 Å². The van der Waals surface area contributed by atoms with E-state index in [1.165, 1.54) is 17.3 Å². The molecule has 1 aromatic carbocycles. The lowest BCUT2D eigenvalue weighted by molar-refractivity contribution is -0.123. The Labute approximate surface area is 283 Å². The van der Waals surface area contributed by atoms with Crippen LogP contribution in [0, 0.1) is 18.3 Å². The van der Waals surface area contributed by atoms with Crippen molar-refractivity contribution < 1.29 is 15.0 Å². The van der Waals surface area contributed by atoms with E-state index in [1.807, 2.05) is 19.9 Å². The summed E-state index contributed by atoms with van der Waals surface area (Å²) in [6.07, 6.45) is 7.03. The standard InChI is InChI=1S/C40H60N2O3S/c1-10-18-33-23-15-14-21-32(13-4)22-16-19-30(5)20-17-24-34(33)46-35-27-37(44)42(38(35)45)40(8,9)29-39(6,7)28-36(43)41-26-25-31(11-2)12-3/h14-17,19-24,27,31,44-45H,10-13,18,25-26,28-29H2,1-9H3,(H,41,43). The molecule has 0 fully saturated rings. The quantitative estimate of drug-likeness (QED) is 0.180.